The van der Waals surface area contributed by atoms with Gasteiger partial charge in [-0.1, -0.05) is 30.3 Å². The summed E-state index contributed by atoms with van der Waals surface area (Å²) in [7, 11) is 0. The Bertz CT molecular complexity index is 433. The van der Waals surface area contributed by atoms with Crippen LogP contribution in [0.15, 0.2) is 42.5 Å². The summed E-state index contributed by atoms with van der Waals surface area (Å²) in [6.45, 7) is 2.11. The molecule has 1 unspecified atom stereocenters. The van der Waals surface area contributed by atoms with Crippen molar-refractivity contribution in [2.24, 2.45) is 0 Å². The van der Waals surface area contributed by atoms with Crippen LogP contribution >= 0.6 is 11.3 Å². The van der Waals surface area contributed by atoms with Gasteiger partial charge in [-0.25, -0.2) is 0 Å². The fraction of sp³-hybridized carbons (Fsp3) is 0.286. The van der Waals surface area contributed by atoms with E-state index in [4.69, 9.17) is 0 Å². The third-order valence-electron chi connectivity index (χ3n) is 2.64. The van der Waals surface area contributed by atoms with Crippen molar-refractivity contribution in [2.45, 2.75) is 25.9 Å². The zero-order chi connectivity index (χ0) is 11.4. The van der Waals surface area contributed by atoms with E-state index in [1.54, 1.807) is 0 Å². The number of benzene rings is 1. The minimum Gasteiger partial charge on any atom is -0.388 e. The van der Waals surface area contributed by atoms with E-state index in [1.807, 2.05) is 41.7 Å². The molecule has 1 heterocycles. The average Bonchev–Trinajstić information content (AvgIpc) is 2.73. The van der Waals surface area contributed by atoms with Crippen LogP contribution in [0.5, 0.6) is 0 Å². The standard InChI is InChI=1S/C14H16OS/c1-11-7-8-13(16-11)9-10-14(15)12-5-3-2-4-6-12/h2-8,14-15H,9-10H2,1H3. The number of aliphatic hydroxyl groups is 1. The molecule has 2 rings (SSSR count). The highest BCUT2D eigenvalue weighted by Gasteiger charge is 2.07. The molecule has 1 atom stereocenters. The maximum atomic E-state index is 9.99. The Morgan fingerprint density at radius 3 is 2.50 bits per heavy atom. The second-order valence-electron chi connectivity index (χ2n) is 3.98. The molecule has 2 aromatic rings. The summed E-state index contributed by atoms with van der Waals surface area (Å²) in [4.78, 5) is 2.69. The summed E-state index contributed by atoms with van der Waals surface area (Å²) in [5, 5.41) is 9.99. The zero-order valence-electron chi connectivity index (χ0n) is 9.39. The summed E-state index contributed by atoms with van der Waals surface area (Å²) in [5.74, 6) is 0. The van der Waals surface area contributed by atoms with Gasteiger partial charge in [0.1, 0.15) is 0 Å². The minimum absolute atomic E-state index is 0.344. The van der Waals surface area contributed by atoms with Crippen LogP contribution < -0.4 is 0 Å². The van der Waals surface area contributed by atoms with Crippen molar-refractivity contribution in [3.8, 4) is 0 Å². The van der Waals surface area contributed by atoms with E-state index in [-0.39, 0.29) is 6.10 Å². The molecule has 0 aliphatic carbocycles. The lowest BCUT2D eigenvalue weighted by Gasteiger charge is -2.09. The predicted molar refractivity (Wildman–Crippen MR) is 68.8 cm³/mol. The number of hydrogen-bond acceptors (Lipinski definition) is 2. The predicted octanol–water partition coefficient (Wildman–Crippen LogP) is 3.72. The first-order valence-corrected chi connectivity index (χ1v) is 6.35. The van der Waals surface area contributed by atoms with Crippen molar-refractivity contribution >= 4 is 11.3 Å². The van der Waals surface area contributed by atoms with Gasteiger partial charge in [0.25, 0.3) is 0 Å². The molecule has 1 N–H and O–H groups in total. The monoisotopic (exact) mass is 232 g/mol. The van der Waals surface area contributed by atoms with E-state index in [0.29, 0.717) is 0 Å². The summed E-state index contributed by atoms with van der Waals surface area (Å²) in [6.07, 6.45) is 1.40. The minimum atomic E-state index is -0.344. The molecule has 84 valence electrons. The fourth-order valence-corrected chi connectivity index (χ4v) is 2.65. The lowest BCUT2D eigenvalue weighted by Crippen LogP contribution is -1.98. The Kier molecular flexibility index (Phi) is 3.75. The largest absolute Gasteiger partial charge is 0.388 e. The third-order valence-corrected chi connectivity index (χ3v) is 3.70. The van der Waals surface area contributed by atoms with Crippen LogP contribution in [0.4, 0.5) is 0 Å². The molecule has 0 aliphatic rings. The first-order chi connectivity index (χ1) is 7.75. The van der Waals surface area contributed by atoms with Gasteiger partial charge in [-0.05, 0) is 37.5 Å². The van der Waals surface area contributed by atoms with Gasteiger partial charge in [0.05, 0.1) is 6.10 Å². The van der Waals surface area contributed by atoms with Crippen molar-refractivity contribution in [3.05, 3.63) is 57.8 Å². The van der Waals surface area contributed by atoms with Crippen LogP contribution in [-0.2, 0) is 6.42 Å². The SMILES string of the molecule is Cc1ccc(CCC(O)c2ccccc2)s1. The summed E-state index contributed by atoms with van der Waals surface area (Å²) >= 11 is 1.81. The van der Waals surface area contributed by atoms with Gasteiger partial charge in [-0.15, -0.1) is 11.3 Å². The van der Waals surface area contributed by atoms with Gasteiger partial charge in [0.2, 0.25) is 0 Å². The van der Waals surface area contributed by atoms with Gasteiger partial charge in [0, 0.05) is 9.75 Å². The molecule has 2 heteroatoms. The van der Waals surface area contributed by atoms with Gasteiger partial charge in [0.15, 0.2) is 0 Å². The smallest absolute Gasteiger partial charge is 0.0793 e. The third kappa shape index (κ3) is 2.94. The zero-order valence-corrected chi connectivity index (χ0v) is 10.2. The molecule has 0 saturated carbocycles. The fourth-order valence-electron chi connectivity index (χ4n) is 1.74. The first kappa shape index (κ1) is 11.4. The summed E-state index contributed by atoms with van der Waals surface area (Å²) in [5.41, 5.74) is 1.01. The molecular weight excluding hydrogens is 216 g/mol. The van der Waals surface area contributed by atoms with Crippen molar-refractivity contribution in [2.75, 3.05) is 0 Å². The van der Waals surface area contributed by atoms with Crippen LogP contribution in [0.25, 0.3) is 0 Å². The van der Waals surface area contributed by atoms with E-state index in [0.717, 1.165) is 18.4 Å². The van der Waals surface area contributed by atoms with Crippen LogP contribution in [-0.4, -0.2) is 5.11 Å². The number of aryl methyl sites for hydroxylation is 2. The topological polar surface area (TPSA) is 20.2 Å². The van der Waals surface area contributed by atoms with Crippen molar-refractivity contribution in [1.29, 1.82) is 0 Å². The van der Waals surface area contributed by atoms with Crippen molar-refractivity contribution in [1.82, 2.24) is 0 Å². The van der Waals surface area contributed by atoms with Crippen LogP contribution in [0.2, 0.25) is 0 Å². The molecule has 0 radical (unpaired) electrons. The van der Waals surface area contributed by atoms with E-state index in [1.165, 1.54) is 9.75 Å². The molecule has 0 aliphatic heterocycles. The second-order valence-corrected chi connectivity index (χ2v) is 5.35. The Hall–Kier alpha value is -1.12. The maximum Gasteiger partial charge on any atom is 0.0793 e. The molecule has 0 saturated heterocycles. The molecule has 0 amide bonds. The maximum absolute atomic E-state index is 9.99. The average molecular weight is 232 g/mol. The number of thiophene rings is 1. The van der Waals surface area contributed by atoms with Gasteiger partial charge in [-0.3, -0.25) is 0 Å². The van der Waals surface area contributed by atoms with Crippen molar-refractivity contribution in [3.63, 3.8) is 0 Å². The van der Waals surface area contributed by atoms with Gasteiger partial charge < -0.3 is 5.11 Å². The lowest BCUT2D eigenvalue weighted by molar-refractivity contribution is 0.168. The highest BCUT2D eigenvalue weighted by atomic mass is 32.1. The highest BCUT2D eigenvalue weighted by Crippen LogP contribution is 2.22. The van der Waals surface area contributed by atoms with Crippen LogP contribution in [0.1, 0.15) is 27.8 Å². The van der Waals surface area contributed by atoms with E-state index >= 15 is 0 Å². The van der Waals surface area contributed by atoms with E-state index in [2.05, 4.69) is 19.1 Å². The lowest BCUT2D eigenvalue weighted by atomic mass is 10.0. The Morgan fingerprint density at radius 1 is 1.12 bits per heavy atom. The summed E-state index contributed by atoms with van der Waals surface area (Å²) in [6, 6.07) is 14.1. The molecule has 1 nitrogen and oxygen atoms in total. The second kappa shape index (κ2) is 5.28. The number of rotatable bonds is 4. The van der Waals surface area contributed by atoms with E-state index in [9.17, 15) is 5.11 Å². The Morgan fingerprint density at radius 2 is 1.88 bits per heavy atom. The molecule has 0 spiro atoms. The Balaban J connectivity index is 1.91. The first-order valence-electron chi connectivity index (χ1n) is 5.54. The van der Waals surface area contributed by atoms with E-state index < -0.39 is 0 Å². The molecule has 0 fully saturated rings. The summed E-state index contributed by atoms with van der Waals surface area (Å²) < 4.78 is 0. The van der Waals surface area contributed by atoms with Crippen LogP contribution in [0.3, 0.4) is 0 Å². The number of hydrogen-bond donors (Lipinski definition) is 1. The number of aliphatic hydroxyl groups excluding tert-OH is 1. The van der Waals surface area contributed by atoms with Gasteiger partial charge >= 0.3 is 0 Å². The van der Waals surface area contributed by atoms with Crippen molar-refractivity contribution < 1.29 is 5.11 Å². The Labute approximate surface area is 100 Å². The normalized spacial score (nSPS) is 12.6. The molecule has 1 aromatic carbocycles. The molecule has 0 bridgehead atoms. The highest BCUT2D eigenvalue weighted by molar-refractivity contribution is 7.11. The quantitative estimate of drug-likeness (QED) is 0.851. The molecular formula is C14H16OS. The van der Waals surface area contributed by atoms with Crippen LogP contribution in [0, 0.1) is 6.92 Å². The molecule has 1 aromatic heterocycles. The van der Waals surface area contributed by atoms with Gasteiger partial charge in [-0.2, -0.15) is 0 Å². The molecule has 16 heavy (non-hydrogen) atoms.